The maximum absolute atomic E-state index is 11.5. The van der Waals surface area contributed by atoms with E-state index in [0.717, 1.165) is 37.5 Å². The summed E-state index contributed by atoms with van der Waals surface area (Å²) in [5.41, 5.74) is 1.47. The van der Waals surface area contributed by atoms with Crippen LogP contribution in [0.5, 0.6) is 0 Å². The molecule has 130 valence electrons. The van der Waals surface area contributed by atoms with Crippen molar-refractivity contribution in [2.24, 2.45) is 0 Å². The Bertz CT molecular complexity index is 743. The molecule has 0 bridgehead atoms. The van der Waals surface area contributed by atoms with E-state index in [1.54, 1.807) is 6.07 Å². The van der Waals surface area contributed by atoms with Crippen LogP contribution in [0.1, 0.15) is 27.7 Å². The fourth-order valence-electron chi connectivity index (χ4n) is 3.09. The Kier molecular flexibility index (Phi) is 5.49. The first-order valence-corrected chi connectivity index (χ1v) is 8.28. The highest BCUT2D eigenvalue weighted by Crippen LogP contribution is 2.22. The van der Waals surface area contributed by atoms with Gasteiger partial charge >= 0.3 is 5.97 Å². The third-order valence-corrected chi connectivity index (χ3v) is 4.46. The SMILES string of the molecule is COC(=O)c1coc(CN2CCN(C(C#N)c3ccccc3)CC2)c1. The van der Waals surface area contributed by atoms with Crippen LogP contribution in [-0.2, 0) is 11.3 Å². The third-order valence-electron chi connectivity index (χ3n) is 4.46. The number of furan rings is 1. The molecule has 1 aromatic carbocycles. The fraction of sp³-hybridized carbons (Fsp3) is 0.368. The summed E-state index contributed by atoms with van der Waals surface area (Å²) in [7, 11) is 1.35. The quantitative estimate of drug-likeness (QED) is 0.780. The highest BCUT2D eigenvalue weighted by molar-refractivity contribution is 5.88. The van der Waals surface area contributed by atoms with E-state index in [2.05, 4.69) is 20.6 Å². The van der Waals surface area contributed by atoms with Crippen LogP contribution in [0, 0.1) is 11.3 Å². The lowest BCUT2D eigenvalue weighted by atomic mass is 10.1. The Balaban J connectivity index is 1.56. The Morgan fingerprint density at radius 2 is 2.00 bits per heavy atom. The van der Waals surface area contributed by atoms with Crippen molar-refractivity contribution >= 4 is 5.97 Å². The zero-order valence-corrected chi connectivity index (χ0v) is 14.2. The van der Waals surface area contributed by atoms with Gasteiger partial charge in [-0.2, -0.15) is 5.26 Å². The van der Waals surface area contributed by atoms with Crippen LogP contribution < -0.4 is 0 Å². The van der Waals surface area contributed by atoms with Crippen molar-refractivity contribution in [2.45, 2.75) is 12.6 Å². The molecule has 1 fully saturated rings. The number of carbonyl (C=O) groups excluding carboxylic acids is 1. The first-order chi connectivity index (χ1) is 12.2. The van der Waals surface area contributed by atoms with Gasteiger partial charge in [0.15, 0.2) is 0 Å². The minimum absolute atomic E-state index is 0.210. The molecule has 2 heterocycles. The number of carbonyl (C=O) groups is 1. The van der Waals surface area contributed by atoms with E-state index in [1.807, 2.05) is 30.3 Å². The second-order valence-corrected chi connectivity index (χ2v) is 6.05. The number of nitrogens with zero attached hydrogens (tertiary/aromatic N) is 3. The largest absolute Gasteiger partial charge is 0.467 e. The van der Waals surface area contributed by atoms with Crippen molar-refractivity contribution in [3.05, 3.63) is 59.5 Å². The second kappa shape index (κ2) is 7.97. The van der Waals surface area contributed by atoms with Crippen LogP contribution in [0.25, 0.3) is 0 Å². The molecule has 3 rings (SSSR count). The first kappa shape index (κ1) is 17.2. The van der Waals surface area contributed by atoms with Gasteiger partial charge in [0, 0.05) is 26.2 Å². The van der Waals surface area contributed by atoms with Crippen LogP contribution in [0.2, 0.25) is 0 Å². The van der Waals surface area contributed by atoms with Crippen molar-refractivity contribution in [3.8, 4) is 6.07 Å². The number of hydrogen-bond donors (Lipinski definition) is 0. The predicted molar refractivity (Wildman–Crippen MR) is 91.7 cm³/mol. The highest BCUT2D eigenvalue weighted by atomic mass is 16.5. The minimum Gasteiger partial charge on any atom is -0.467 e. The van der Waals surface area contributed by atoms with Gasteiger partial charge in [0.2, 0.25) is 0 Å². The fourth-order valence-corrected chi connectivity index (χ4v) is 3.09. The molecule has 1 aromatic heterocycles. The number of hydrogen-bond acceptors (Lipinski definition) is 6. The van der Waals surface area contributed by atoms with Gasteiger partial charge in [-0.1, -0.05) is 30.3 Å². The summed E-state index contributed by atoms with van der Waals surface area (Å²) >= 11 is 0. The van der Waals surface area contributed by atoms with Crippen molar-refractivity contribution in [2.75, 3.05) is 33.3 Å². The van der Waals surface area contributed by atoms with Crippen molar-refractivity contribution in [3.63, 3.8) is 0 Å². The van der Waals surface area contributed by atoms with Crippen molar-refractivity contribution in [1.29, 1.82) is 5.26 Å². The van der Waals surface area contributed by atoms with Crippen LogP contribution >= 0.6 is 0 Å². The molecule has 1 aliphatic rings. The normalized spacial score (nSPS) is 17.0. The molecule has 0 amide bonds. The van der Waals surface area contributed by atoms with Gasteiger partial charge in [0.1, 0.15) is 18.1 Å². The zero-order chi connectivity index (χ0) is 17.6. The predicted octanol–water partition coefficient (Wildman–Crippen LogP) is 2.45. The average molecular weight is 339 g/mol. The lowest BCUT2D eigenvalue weighted by Gasteiger charge is -2.36. The van der Waals surface area contributed by atoms with E-state index >= 15 is 0 Å². The Hall–Kier alpha value is -2.62. The number of ether oxygens (including phenoxy) is 1. The van der Waals surface area contributed by atoms with Gasteiger partial charge in [0.05, 0.1) is 25.3 Å². The Labute approximate surface area is 147 Å². The molecular weight excluding hydrogens is 318 g/mol. The number of methoxy groups -OCH3 is 1. The van der Waals surface area contributed by atoms with E-state index in [4.69, 9.17) is 4.42 Å². The molecule has 1 unspecified atom stereocenters. The Morgan fingerprint density at radius 3 is 2.64 bits per heavy atom. The number of rotatable bonds is 5. The molecule has 1 aliphatic heterocycles. The van der Waals surface area contributed by atoms with E-state index in [9.17, 15) is 10.1 Å². The van der Waals surface area contributed by atoms with Crippen molar-refractivity contribution in [1.82, 2.24) is 9.80 Å². The maximum Gasteiger partial charge on any atom is 0.341 e. The van der Waals surface area contributed by atoms with Crippen LogP contribution in [0.15, 0.2) is 47.1 Å². The molecule has 0 spiro atoms. The van der Waals surface area contributed by atoms with E-state index in [0.29, 0.717) is 12.1 Å². The van der Waals surface area contributed by atoms with Crippen LogP contribution in [0.4, 0.5) is 0 Å². The molecule has 0 N–H and O–H groups in total. The van der Waals surface area contributed by atoms with E-state index in [1.165, 1.54) is 13.4 Å². The summed E-state index contributed by atoms with van der Waals surface area (Å²) in [4.78, 5) is 15.9. The minimum atomic E-state index is -0.389. The lowest BCUT2D eigenvalue weighted by molar-refractivity contribution is 0.0600. The molecule has 0 saturated carbocycles. The average Bonchev–Trinajstić information content (AvgIpc) is 3.12. The van der Waals surface area contributed by atoms with Crippen LogP contribution in [-0.4, -0.2) is 49.1 Å². The number of nitriles is 1. The molecule has 0 aliphatic carbocycles. The summed E-state index contributed by atoms with van der Waals surface area (Å²) in [5, 5.41) is 9.55. The number of piperazine rings is 1. The first-order valence-electron chi connectivity index (χ1n) is 8.28. The lowest BCUT2D eigenvalue weighted by Crippen LogP contribution is -2.46. The second-order valence-electron chi connectivity index (χ2n) is 6.05. The van der Waals surface area contributed by atoms with E-state index < -0.39 is 0 Å². The van der Waals surface area contributed by atoms with Gasteiger partial charge in [-0.3, -0.25) is 9.80 Å². The summed E-state index contributed by atoms with van der Waals surface area (Å²) in [5.74, 6) is 0.355. The topological polar surface area (TPSA) is 69.7 Å². The summed E-state index contributed by atoms with van der Waals surface area (Å²) in [6.45, 7) is 3.97. The Morgan fingerprint density at radius 1 is 1.28 bits per heavy atom. The standard InChI is InChI=1S/C19H21N3O3/c1-24-19(23)16-11-17(25-14-16)13-21-7-9-22(10-8-21)18(12-20)15-5-3-2-4-6-15/h2-6,11,14,18H,7-10,13H2,1H3. The van der Waals surface area contributed by atoms with Gasteiger partial charge < -0.3 is 9.15 Å². The van der Waals surface area contributed by atoms with Crippen LogP contribution in [0.3, 0.4) is 0 Å². The molecule has 1 saturated heterocycles. The molecule has 6 heteroatoms. The monoisotopic (exact) mass is 339 g/mol. The van der Waals surface area contributed by atoms with E-state index in [-0.39, 0.29) is 12.0 Å². The summed E-state index contributed by atoms with van der Waals surface area (Å²) in [6.07, 6.45) is 1.43. The molecular formula is C19H21N3O3. The van der Waals surface area contributed by atoms with Gasteiger partial charge in [-0.15, -0.1) is 0 Å². The highest BCUT2D eigenvalue weighted by Gasteiger charge is 2.25. The van der Waals surface area contributed by atoms with Gasteiger partial charge in [0.25, 0.3) is 0 Å². The molecule has 6 nitrogen and oxygen atoms in total. The molecule has 1 atom stereocenters. The van der Waals surface area contributed by atoms with Crippen molar-refractivity contribution < 1.29 is 13.9 Å². The molecule has 25 heavy (non-hydrogen) atoms. The molecule has 0 radical (unpaired) electrons. The maximum atomic E-state index is 11.5. The molecule has 2 aromatic rings. The summed E-state index contributed by atoms with van der Waals surface area (Å²) in [6, 6.07) is 13.8. The van der Waals surface area contributed by atoms with Gasteiger partial charge in [-0.05, 0) is 11.6 Å². The third kappa shape index (κ3) is 4.08. The van der Waals surface area contributed by atoms with Gasteiger partial charge in [-0.25, -0.2) is 4.79 Å². The zero-order valence-electron chi connectivity index (χ0n) is 14.2. The summed E-state index contributed by atoms with van der Waals surface area (Å²) < 4.78 is 10.1. The number of benzene rings is 1. The number of esters is 1. The smallest absolute Gasteiger partial charge is 0.341 e.